The molecule has 1 N–H and O–H groups in total. The van der Waals surface area contributed by atoms with Gasteiger partial charge in [-0.1, -0.05) is 18.2 Å². The first-order chi connectivity index (χ1) is 15.5. The summed E-state index contributed by atoms with van der Waals surface area (Å²) in [7, 11) is 1.55. The number of methoxy groups -OCH3 is 1. The van der Waals surface area contributed by atoms with Crippen LogP contribution in [0.5, 0.6) is 17.2 Å². The van der Waals surface area contributed by atoms with Crippen LogP contribution in [0.25, 0.3) is 0 Å². The first kappa shape index (κ1) is 21.2. The minimum Gasteiger partial charge on any atom is -0.497 e. The van der Waals surface area contributed by atoms with E-state index in [1.807, 2.05) is 31.2 Å². The van der Waals surface area contributed by atoms with E-state index in [-0.39, 0.29) is 18.4 Å². The Kier molecular flexibility index (Phi) is 6.26. The Hall–Kier alpha value is -4.00. The summed E-state index contributed by atoms with van der Waals surface area (Å²) >= 11 is 0. The number of rotatable bonds is 7. The highest BCUT2D eigenvalue weighted by Crippen LogP contribution is 2.34. The Labute approximate surface area is 186 Å². The van der Waals surface area contributed by atoms with Crippen LogP contribution < -0.4 is 24.4 Å². The molecule has 1 aliphatic heterocycles. The summed E-state index contributed by atoms with van der Waals surface area (Å²) in [4.78, 5) is 26.8. The molecule has 0 bridgehead atoms. The third-order valence-electron chi connectivity index (χ3n) is 5.06. The molecule has 7 heteroatoms. The van der Waals surface area contributed by atoms with Gasteiger partial charge in [0, 0.05) is 11.3 Å². The van der Waals surface area contributed by atoms with Crippen molar-refractivity contribution >= 4 is 23.2 Å². The lowest BCUT2D eigenvalue weighted by atomic mass is 10.1. The number of fused-ring (bicyclic) bond motifs is 1. The number of carbonyl (C=O) groups excluding carboxylic acids is 2. The Morgan fingerprint density at radius 2 is 1.88 bits per heavy atom. The number of nitrogens with one attached hydrogen (secondary N) is 1. The van der Waals surface area contributed by atoms with Gasteiger partial charge in [0.15, 0.2) is 6.61 Å². The predicted molar refractivity (Wildman–Crippen MR) is 122 cm³/mol. The molecule has 0 aromatic heterocycles. The topological polar surface area (TPSA) is 77.1 Å². The van der Waals surface area contributed by atoms with Gasteiger partial charge in [0.1, 0.15) is 23.9 Å². The van der Waals surface area contributed by atoms with Crippen LogP contribution in [0.1, 0.15) is 15.9 Å². The van der Waals surface area contributed by atoms with E-state index in [0.717, 1.165) is 11.3 Å². The number of hydrogen-bond acceptors (Lipinski definition) is 5. The fraction of sp³-hybridized carbons (Fsp3) is 0.200. The molecule has 0 saturated carbocycles. The minimum atomic E-state index is -0.277. The standard InChI is InChI=1S/C25H24N2O5/c1-17-5-3-8-21(13-17)31-12-11-27-22-15-19(9-10-23(22)32-16-24(27)28)26-25(29)18-6-4-7-20(14-18)30-2/h3-10,13-15H,11-12,16H2,1-2H3,(H,26,29). The lowest BCUT2D eigenvalue weighted by molar-refractivity contribution is -0.121. The second kappa shape index (κ2) is 9.43. The molecule has 0 spiro atoms. The van der Waals surface area contributed by atoms with Crippen LogP contribution in [0.3, 0.4) is 0 Å². The maximum absolute atomic E-state index is 12.7. The van der Waals surface area contributed by atoms with Crippen molar-refractivity contribution in [3.8, 4) is 17.2 Å². The molecular weight excluding hydrogens is 408 g/mol. The molecule has 0 fully saturated rings. The first-order valence-corrected chi connectivity index (χ1v) is 10.3. The summed E-state index contributed by atoms with van der Waals surface area (Å²) in [6.07, 6.45) is 0. The number of carbonyl (C=O) groups is 2. The number of hydrogen-bond donors (Lipinski definition) is 1. The molecule has 32 heavy (non-hydrogen) atoms. The summed E-state index contributed by atoms with van der Waals surface area (Å²) in [5.41, 5.74) is 2.72. The number of anilines is 2. The Balaban J connectivity index is 1.48. The average molecular weight is 432 g/mol. The van der Waals surface area contributed by atoms with Gasteiger partial charge in [-0.2, -0.15) is 0 Å². The SMILES string of the molecule is COc1cccc(C(=O)Nc2ccc3c(c2)N(CCOc2cccc(C)c2)C(=O)CO3)c1. The quantitative estimate of drug-likeness (QED) is 0.609. The van der Waals surface area contributed by atoms with Gasteiger partial charge in [0.05, 0.1) is 19.3 Å². The Bertz CT molecular complexity index is 1140. The van der Waals surface area contributed by atoms with Crippen molar-refractivity contribution in [3.05, 3.63) is 77.9 Å². The van der Waals surface area contributed by atoms with Gasteiger partial charge in [0.2, 0.25) is 0 Å². The number of amides is 2. The van der Waals surface area contributed by atoms with Crippen molar-refractivity contribution < 1.29 is 23.8 Å². The molecular formula is C25H24N2O5. The van der Waals surface area contributed by atoms with Crippen molar-refractivity contribution in [2.45, 2.75) is 6.92 Å². The van der Waals surface area contributed by atoms with Crippen LogP contribution in [0, 0.1) is 6.92 Å². The monoisotopic (exact) mass is 432 g/mol. The zero-order chi connectivity index (χ0) is 22.5. The number of ether oxygens (including phenoxy) is 3. The number of benzene rings is 3. The fourth-order valence-electron chi connectivity index (χ4n) is 3.45. The Morgan fingerprint density at radius 3 is 2.69 bits per heavy atom. The van der Waals surface area contributed by atoms with E-state index < -0.39 is 0 Å². The Morgan fingerprint density at radius 1 is 1.06 bits per heavy atom. The van der Waals surface area contributed by atoms with Crippen LogP contribution in [0.15, 0.2) is 66.7 Å². The summed E-state index contributed by atoms with van der Waals surface area (Å²) in [5.74, 6) is 1.49. The normalized spacial score (nSPS) is 12.6. The first-order valence-electron chi connectivity index (χ1n) is 10.3. The molecule has 3 aromatic carbocycles. The van der Waals surface area contributed by atoms with Gasteiger partial charge < -0.3 is 24.4 Å². The minimum absolute atomic E-state index is 0.0348. The number of aryl methyl sites for hydroxylation is 1. The molecule has 7 nitrogen and oxygen atoms in total. The van der Waals surface area contributed by atoms with E-state index in [1.54, 1.807) is 54.5 Å². The van der Waals surface area contributed by atoms with Gasteiger partial charge >= 0.3 is 0 Å². The van der Waals surface area contributed by atoms with Gasteiger partial charge in [-0.15, -0.1) is 0 Å². The van der Waals surface area contributed by atoms with Crippen molar-refractivity contribution in [1.82, 2.24) is 0 Å². The van der Waals surface area contributed by atoms with Crippen molar-refractivity contribution in [2.24, 2.45) is 0 Å². The molecule has 164 valence electrons. The van der Waals surface area contributed by atoms with E-state index in [0.29, 0.717) is 41.6 Å². The highest BCUT2D eigenvalue weighted by Gasteiger charge is 2.26. The maximum atomic E-state index is 12.7. The molecule has 1 aliphatic rings. The fourth-order valence-corrected chi connectivity index (χ4v) is 3.45. The van der Waals surface area contributed by atoms with Crippen LogP contribution in [-0.4, -0.2) is 38.7 Å². The van der Waals surface area contributed by atoms with Gasteiger partial charge in [0.25, 0.3) is 11.8 Å². The van der Waals surface area contributed by atoms with E-state index in [1.165, 1.54) is 0 Å². The van der Waals surface area contributed by atoms with Gasteiger partial charge in [-0.3, -0.25) is 9.59 Å². The molecule has 0 aliphatic carbocycles. The van der Waals surface area contributed by atoms with E-state index >= 15 is 0 Å². The van der Waals surface area contributed by atoms with Crippen LogP contribution >= 0.6 is 0 Å². The molecule has 4 rings (SSSR count). The second-order valence-electron chi connectivity index (χ2n) is 7.37. The summed E-state index contributed by atoms with van der Waals surface area (Å²) < 4.78 is 16.5. The third-order valence-corrected chi connectivity index (χ3v) is 5.06. The zero-order valence-corrected chi connectivity index (χ0v) is 18.0. The van der Waals surface area contributed by atoms with E-state index in [4.69, 9.17) is 14.2 Å². The smallest absolute Gasteiger partial charge is 0.265 e. The zero-order valence-electron chi connectivity index (χ0n) is 18.0. The molecule has 0 unspecified atom stereocenters. The molecule has 2 amide bonds. The van der Waals surface area contributed by atoms with Gasteiger partial charge in [-0.25, -0.2) is 0 Å². The second-order valence-corrected chi connectivity index (χ2v) is 7.37. The van der Waals surface area contributed by atoms with Gasteiger partial charge in [-0.05, 0) is 61.0 Å². The van der Waals surface area contributed by atoms with Crippen LogP contribution in [0.4, 0.5) is 11.4 Å². The van der Waals surface area contributed by atoms with Crippen molar-refractivity contribution in [2.75, 3.05) is 37.1 Å². The summed E-state index contributed by atoms with van der Waals surface area (Å²) in [6.45, 7) is 2.65. The summed E-state index contributed by atoms with van der Waals surface area (Å²) in [6, 6.07) is 19.9. The van der Waals surface area contributed by atoms with E-state index in [2.05, 4.69) is 5.32 Å². The largest absolute Gasteiger partial charge is 0.497 e. The highest BCUT2D eigenvalue weighted by atomic mass is 16.5. The molecule has 3 aromatic rings. The molecule has 0 atom stereocenters. The molecule has 0 radical (unpaired) electrons. The maximum Gasteiger partial charge on any atom is 0.265 e. The van der Waals surface area contributed by atoms with Crippen LogP contribution in [-0.2, 0) is 4.79 Å². The predicted octanol–water partition coefficient (Wildman–Crippen LogP) is 4.06. The van der Waals surface area contributed by atoms with Crippen molar-refractivity contribution in [1.29, 1.82) is 0 Å². The molecule has 0 saturated heterocycles. The highest BCUT2D eigenvalue weighted by molar-refractivity contribution is 6.05. The van der Waals surface area contributed by atoms with E-state index in [9.17, 15) is 9.59 Å². The summed E-state index contributed by atoms with van der Waals surface area (Å²) in [5, 5.41) is 2.86. The average Bonchev–Trinajstić information content (AvgIpc) is 2.80. The lowest BCUT2D eigenvalue weighted by Crippen LogP contribution is -2.41. The third kappa shape index (κ3) is 4.83. The number of nitrogens with zero attached hydrogens (tertiary/aromatic N) is 1. The van der Waals surface area contributed by atoms with Crippen molar-refractivity contribution in [3.63, 3.8) is 0 Å². The lowest BCUT2D eigenvalue weighted by Gasteiger charge is -2.29. The van der Waals surface area contributed by atoms with Crippen LogP contribution in [0.2, 0.25) is 0 Å². The molecule has 1 heterocycles.